The van der Waals surface area contributed by atoms with Gasteiger partial charge in [-0.05, 0) is 37.0 Å². The van der Waals surface area contributed by atoms with Gasteiger partial charge in [-0.15, -0.1) is 0 Å². The fraction of sp³-hybridized carbons (Fsp3) is 0.500. The van der Waals surface area contributed by atoms with Crippen LogP contribution in [0.25, 0.3) is 0 Å². The second-order valence-electron chi connectivity index (χ2n) is 4.06. The van der Waals surface area contributed by atoms with E-state index >= 15 is 0 Å². The lowest BCUT2D eigenvalue weighted by Gasteiger charge is -2.06. The van der Waals surface area contributed by atoms with E-state index in [9.17, 15) is 0 Å². The maximum atomic E-state index is 5.73. The van der Waals surface area contributed by atoms with Gasteiger partial charge in [-0.3, -0.25) is 0 Å². The summed E-state index contributed by atoms with van der Waals surface area (Å²) in [6.07, 6.45) is 3.19. The van der Waals surface area contributed by atoms with Crippen molar-refractivity contribution in [3.63, 3.8) is 0 Å². The van der Waals surface area contributed by atoms with Crippen LogP contribution in [-0.2, 0) is 12.8 Å². The van der Waals surface area contributed by atoms with E-state index in [2.05, 4.69) is 25.1 Å². The van der Waals surface area contributed by atoms with Crippen molar-refractivity contribution in [1.29, 1.82) is 0 Å². The molecular weight excluding hydrogens is 174 g/mol. The highest BCUT2D eigenvalue weighted by atomic mass is 16.5. The van der Waals surface area contributed by atoms with E-state index in [1.54, 1.807) is 0 Å². The van der Waals surface area contributed by atoms with Gasteiger partial charge in [-0.1, -0.05) is 12.1 Å². The average molecular weight is 191 g/mol. The molecule has 1 aliphatic heterocycles. The van der Waals surface area contributed by atoms with Crippen LogP contribution in [0.1, 0.15) is 24.5 Å². The van der Waals surface area contributed by atoms with Crippen molar-refractivity contribution < 1.29 is 4.74 Å². The van der Waals surface area contributed by atoms with Gasteiger partial charge >= 0.3 is 0 Å². The fourth-order valence-electron chi connectivity index (χ4n) is 1.79. The van der Waals surface area contributed by atoms with E-state index in [4.69, 9.17) is 10.5 Å². The second kappa shape index (κ2) is 4.01. The average Bonchev–Trinajstić information content (AvgIpc) is 2.61. The van der Waals surface area contributed by atoms with Gasteiger partial charge in [0, 0.05) is 12.5 Å². The molecule has 0 aromatic heterocycles. The zero-order valence-electron chi connectivity index (χ0n) is 8.62. The summed E-state index contributed by atoms with van der Waals surface area (Å²) < 4.78 is 5.45. The van der Waals surface area contributed by atoms with Gasteiger partial charge in [0.2, 0.25) is 0 Å². The Labute approximate surface area is 85.1 Å². The number of aryl methyl sites for hydroxylation is 1. The van der Waals surface area contributed by atoms with Crippen LogP contribution >= 0.6 is 0 Å². The molecule has 2 N–H and O–H groups in total. The lowest BCUT2D eigenvalue weighted by atomic mass is 10.0. The zero-order chi connectivity index (χ0) is 9.97. The first kappa shape index (κ1) is 9.53. The van der Waals surface area contributed by atoms with Crippen LogP contribution in [0.15, 0.2) is 18.2 Å². The van der Waals surface area contributed by atoms with Crippen LogP contribution in [0.2, 0.25) is 0 Å². The molecule has 0 radical (unpaired) electrons. The van der Waals surface area contributed by atoms with Gasteiger partial charge in [0.1, 0.15) is 5.75 Å². The van der Waals surface area contributed by atoms with E-state index in [1.807, 2.05) is 0 Å². The van der Waals surface area contributed by atoms with E-state index in [0.717, 1.165) is 31.6 Å². The molecule has 1 atom stereocenters. The minimum absolute atomic E-state index is 0.291. The number of rotatable bonds is 3. The number of hydrogen-bond acceptors (Lipinski definition) is 2. The van der Waals surface area contributed by atoms with Gasteiger partial charge in [-0.25, -0.2) is 0 Å². The third-order valence-electron chi connectivity index (χ3n) is 2.64. The Morgan fingerprint density at radius 1 is 1.50 bits per heavy atom. The molecule has 0 bridgehead atoms. The number of ether oxygens (including phenoxy) is 1. The molecular formula is C12H17NO. The van der Waals surface area contributed by atoms with Crippen molar-refractivity contribution in [2.45, 2.75) is 32.2 Å². The fourth-order valence-corrected chi connectivity index (χ4v) is 1.79. The molecule has 0 amide bonds. The Morgan fingerprint density at radius 2 is 2.36 bits per heavy atom. The molecule has 76 valence electrons. The topological polar surface area (TPSA) is 35.2 Å². The minimum atomic E-state index is 0.291. The first-order valence-corrected chi connectivity index (χ1v) is 5.26. The van der Waals surface area contributed by atoms with Gasteiger partial charge in [0.05, 0.1) is 6.61 Å². The third kappa shape index (κ3) is 2.07. The quantitative estimate of drug-likeness (QED) is 0.792. The molecule has 1 unspecified atom stereocenters. The first-order valence-electron chi connectivity index (χ1n) is 5.26. The van der Waals surface area contributed by atoms with Crippen molar-refractivity contribution in [3.05, 3.63) is 29.3 Å². The van der Waals surface area contributed by atoms with Crippen molar-refractivity contribution >= 4 is 0 Å². The zero-order valence-corrected chi connectivity index (χ0v) is 8.62. The van der Waals surface area contributed by atoms with E-state index in [0.29, 0.717) is 6.04 Å². The molecule has 1 aliphatic rings. The number of benzene rings is 1. The Hall–Kier alpha value is -1.02. The molecule has 0 spiro atoms. The van der Waals surface area contributed by atoms with E-state index < -0.39 is 0 Å². The van der Waals surface area contributed by atoms with Crippen LogP contribution in [0.5, 0.6) is 5.75 Å². The predicted octanol–water partition coefficient (Wildman–Crippen LogP) is 1.90. The summed E-state index contributed by atoms with van der Waals surface area (Å²) in [4.78, 5) is 0. The summed E-state index contributed by atoms with van der Waals surface area (Å²) in [6, 6.07) is 6.77. The predicted molar refractivity (Wildman–Crippen MR) is 57.6 cm³/mol. The smallest absolute Gasteiger partial charge is 0.122 e. The molecule has 2 nitrogen and oxygen atoms in total. The molecule has 0 saturated carbocycles. The summed E-state index contributed by atoms with van der Waals surface area (Å²) in [7, 11) is 0. The summed E-state index contributed by atoms with van der Waals surface area (Å²) in [5.74, 6) is 1.06. The summed E-state index contributed by atoms with van der Waals surface area (Å²) >= 11 is 0. The second-order valence-corrected chi connectivity index (χ2v) is 4.06. The van der Waals surface area contributed by atoms with Crippen LogP contribution in [0.4, 0.5) is 0 Å². The monoisotopic (exact) mass is 191 g/mol. The SMILES string of the molecule is CC(N)CCc1ccc2c(c1)CCO2. The molecule has 2 rings (SSSR count). The molecule has 1 heterocycles. The van der Waals surface area contributed by atoms with Crippen LogP contribution in [0, 0.1) is 0 Å². The third-order valence-corrected chi connectivity index (χ3v) is 2.64. The lowest BCUT2D eigenvalue weighted by molar-refractivity contribution is 0.357. The van der Waals surface area contributed by atoms with E-state index in [1.165, 1.54) is 11.1 Å². The van der Waals surface area contributed by atoms with Gasteiger partial charge in [-0.2, -0.15) is 0 Å². The summed E-state index contributed by atoms with van der Waals surface area (Å²) in [5.41, 5.74) is 8.46. The van der Waals surface area contributed by atoms with Crippen LogP contribution in [-0.4, -0.2) is 12.6 Å². The Morgan fingerprint density at radius 3 is 3.14 bits per heavy atom. The Kier molecular flexibility index (Phi) is 2.73. The highest BCUT2D eigenvalue weighted by molar-refractivity contribution is 5.39. The van der Waals surface area contributed by atoms with Gasteiger partial charge < -0.3 is 10.5 Å². The minimum Gasteiger partial charge on any atom is -0.493 e. The summed E-state index contributed by atoms with van der Waals surface area (Å²) in [5, 5.41) is 0. The first-order chi connectivity index (χ1) is 6.75. The summed E-state index contributed by atoms with van der Waals surface area (Å²) in [6.45, 7) is 2.89. The normalized spacial score (nSPS) is 16.1. The standard InChI is InChI=1S/C12H17NO/c1-9(13)2-3-10-4-5-12-11(8-10)6-7-14-12/h4-5,8-9H,2-3,6-7,13H2,1H3. The molecule has 1 aromatic rings. The molecule has 2 heteroatoms. The maximum Gasteiger partial charge on any atom is 0.122 e. The lowest BCUT2D eigenvalue weighted by Crippen LogP contribution is -2.15. The maximum absolute atomic E-state index is 5.73. The van der Waals surface area contributed by atoms with Crippen molar-refractivity contribution in [2.75, 3.05) is 6.61 Å². The largest absolute Gasteiger partial charge is 0.493 e. The number of hydrogen-bond donors (Lipinski definition) is 1. The Balaban J connectivity index is 2.05. The van der Waals surface area contributed by atoms with Gasteiger partial charge in [0.25, 0.3) is 0 Å². The highest BCUT2D eigenvalue weighted by Crippen LogP contribution is 2.26. The van der Waals surface area contributed by atoms with Gasteiger partial charge in [0.15, 0.2) is 0 Å². The molecule has 0 aliphatic carbocycles. The van der Waals surface area contributed by atoms with Crippen LogP contribution < -0.4 is 10.5 Å². The van der Waals surface area contributed by atoms with Crippen molar-refractivity contribution in [1.82, 2.24) is 0 Å². The van der Waals surface area contributed by atoms with Crippen LogP contribution in [0.3, 0.4) is 0 Å². The molecule has 0 saturated heterocycles. The number of nitrogens with two attached hydrogens (primary N) is 1. The van der Waals surface area contributed by atoms with Crippen molar-refractivity contribution in [3.8, 4) is 5.75 Å². The Bertz CT molecular complexity index is 320. The highest BCUT2D eigenvalue weighted by Gasteiger charge is 2.11. The van der Waals surface area contributed by atoms with Crippen molar-refractivity contribution in [2.24, 2.45) is 5.73 Å². The number of fused-ring (bicyclic) bond motifs is 1. The van der Waals surface area contributed by atoms with E-state index in [-0.39, 0.29) is 0 Å². The molecule has 1 aromatic carbocycles. The molecule has 0 fully saturated rings. The molecule has 14 heavy (non-hydrogen) atoms.